The number of aliphatic hydroxyl groups excluding tert-OH is 1. The smallest absolute Gasteiger partial charge is 0.264 e. The molecule has 0 atom stereocenters. The number of thiophene rings is 1. The molecule has 21 heavy (non-hydrogen) atoms. The number of hydrogen-bond acceptors (Lipinski definition) is 5. The molecule has 0 aliphatic carbocycles. The van der Waals surface area contributed by atoms with Crippen LogP contribution in [0.4, 0.5) is 5.69 Å². The van der Waals surface area contributed by atoms with Gasteiger partial charge in [-0.3, -0.25) is 4.72 Å². The van der Waals surface area contributed by atoms with Gasteiger partial charge in [-0.15, -0.1) is 11.3 Å². The van der Waals surface area contributed by atoms with Crippen molar-refractivity contribution >= 4 is 54.6 Å². The molecule has 1 aromatic heterocycles. The Morgan fingerprint density at radius 1 is 1.43 bits per heavy atom. The lowest BCUT2D eigenvalue weighted by Gasteiger charge is -2.11. The van der Waals surface area contributed by atoms with Gasteiger partial charge < -0.3 is 9.84 Å². The Morgan fingerprint density at radius 2 is 2.14 bits per heavy atom. The van der Waals surface area contributed by atoms with E-state index in [2.05, 4.69) is 20.7 Å². The maximum atomic E-state index is 12.4. The van der Waals surface area contributed by atoms with E-state index < -0.39 is 10.0 Å². The molecule has 0 saturated heterocycles. The fraction of sp³-hybridized carbons (Fsp3) is 0.167. The van der Waals surface area contributed by atoms with Crippen molar-refractivity contribution in [3.8, 4) is 5.75 Å². The van der Waals surface area contributed by atoms with Crippen LogP contribution < -0.4 is 9.46 Å². The van der Waals surface area contributed by atoms with Crippen molar-refractivity contribution in [1.82, 2.24) is 0 Å². The van der Waals surface area contributed by atoms with Gasteiger partial charge in [0.2, 0.25) is 0 Å². The van der Waals surface area contributed by atoms with Crippen LogP contribution in [0.25, 0.3) is 0 Å². The molecule has 114 valence electrons. The Labute approximate surface area is 139 Å². The van der Waals surface area contributed by atoms with E-state index in [1.54, 1.807) is 12.1 Å². The number of nitrogens with one attached hydrogen (secondary N) is 1. The SMILES string of the molecule is COc1ccc(Cl)cc1NS(=O)(=O)c1cc(CO)sc1Br. The fourth-order valence-electron chi connectivity index (χ4n) is 1.62. The standard InChI is InChI=1S/C12H11BrClNO4S2/c1-19-10-3-2-7(14)4-9(10)15-21(17,18)11-5-8(6-16)20-12(11)13/h2-5,15-16H,6H2,1H3. The van der Waals surface area contributed by atoms with E-state index in [9.17, 15) is 8.42 Å². The predicted octanol–water partition coefficient (Wildman–Crippen LogP) is 3.47. The summed E-state index contributed by atoms with van der Waals surface area (Å²) in [5.41, 5.74) is 0.244. The molecule has 0 amide bonds. The van der Waals surface area contributed by atoms with Crippen LogP contribution >= 0.6 is 38.9 Å². The minimum atomic E-state index is -3.82. The zero-order chi connectivity index (χ0) is 15.6. The van der Waals surface area contributed by atoms with Crippen LogP contribution in [0.1, 0.15) is 4.88 Å². The molecule has 5 nitrogen and oxygen atoms in total. The molecule has 0 aliphatic rings. The Morgan fingerprint density at radius 3 is 2.71 bits per heavy atom. The molecular formula is C12H11BrClNO4S2. The first kappa shape index (κ1) is 16.6. The van der Waals surface area contributed by atoms with Crippen molar-refractivity contribution < 1.29 is 18.3 Å². The van der Waals surface area contributed by atoms with Crippen molar-refractivity contribution in [2.75, 3.05) is 11.8 Å². The van der Waals surface area contributed by atoms with Gasteiger partial charge in [-0.25, -0.2) is 8.42 Å². The summed E-state index contributed by atoms with van der Waals surface area (Å²) in [4.78, 5) is 0.596. The van der Waals surface area contributed by atoms with E-state index in [1.807, 2.05) is 0 Å². The zero-order valence-electron chi connectivity index (χ0n) is 10.8. The van der Waals surface area contributed by atoms with Gasteiger partial charge >= 0.3 is 0 Å². The van der Waals surface area contributed by atoms with Crippen molar-refractivity contribution in [2.24, 2.45) is 0 Å². The second kappa shape index (κ2) is 6.53. The van der Waals surface area contributed by atoms with Gasteiger partial charge in [0.15, 0.2) is 0 Å². The molecule has 1 heterocycles. The molecular weight excluding hydrogens is 402 g/mol. The van der Waals surface area contributed by atoms with E-state index in [1.165, 1.54) is 19.2 Å². The van der Waals surface area contributed by atoms with Crippen LogP contribution in [0, 0.1) is 0 Å². The first-order chi connectivity index (χ1) is 9.87. The molecule has 0 aliphatic heterocycles. The summed E-state index contributed by atoms with van der Waals surface area (Å²) in [6.45, 7) is -0.223. The number of benzene rings is 1. The number of rotatable bonds is 5. The summed E-state index contributed by atoms with van der Waals surface area (Å²) in [5, 5.41) is 9.47. The highest BCUT2D eigenvalue weighted by Gasteiger charge is 2.22. The topological polar surface area (TPSA) is 75.6 Å². The van der Waals surface area contributed by atoms with E-state index in [0.29, 0.717) is 19.4 Å². The number of aliphatic hydroxyl groups is 1. The first-order valence-corrected chi connectivity index (χ1v) is 9.10. The normalized spacial score (nSPS) is 11.4. The maximum absolute atomic E-state index is 12.4. The second-order valence-corrected chi connectivity index (χ2v) is 8.50. The Hall–Kier alpha value is -0.800. The van der Waals surface area contributed by atoms with Crippen LogP contribution in [0.2, 0.25) is 5.02 Å². The Bertz CT molecular complexity index is 761. The van der Waals surface area contributed by atoms with Crippen LogP contribution in [-0.4, -0.2) is 20.6 Å². The monoisotopic (exact) mass is 411 g/mol. The molecule has 2 N–H and O–H groups in total. The highest BCUT2D eigenvalue weighted by molar-refractivity contribution is 9.11. The molecule has 0 saturated carbocycles. The second-order valence-electron chi connectivity index (χ2n) is 3.96. The summed E-state index contributed by atoms with van der Waals surface area (Å²) < 4.78 is 32.8. The van der Waals surface area contributed by atoms with Crippen LogP contribution in [-0.2, 0) is 16.6 Å². The Kier molecular flexibility index (Phi) is 5.15. The van der Waals surface area contributed by atoms with Gasteiger partial charge in [0, 0.05) is 9.90 Å². The van der Waals surface area contributed by atoms with Crippen LogP contribution in [0.5, 0.6) is 5.75 Å². The molecule has 9 heteroatoms. The lowest BCUT2D eigenvalue weighted by Crippen LogP contribution is -2.13. The summed E-state index contributed by atoms with van der Waals surface area (Å²) in [7, 11) is -2.38. The highest BCUT2D eigenvalue weighted by atomic mass is 79.9. The van der Waals surface area contributed by atoms with Gasteiger partial charge in [-0.2, -0.15) is 0 Å². The molecule has 2 aromatic rings. The van der Waals surface area contributed by atoms with E-state index in [4.69, 9.17) is 21.4 Å². The number of sulfonamides is 1. The number of ether oxygens (including phenoxy) is 1. The van der Waals surface area contributed by atoms with Gasteiger partial charge in [-0.05, 0) is 40.2 Å². The molecule has 0 bridgehead atoms. The predicted molar refractivity (Wildman–Crippen MR) is 86.8 cm³/mol. The average molecular weight is 413 g/mol. The molecule has 0 fully saturated rings. The summed E-state index contributed by atoms with van der Waals surface area (Å²) in [6.07, 6.45) is 0. The number of hydrogen-bond donors (Lipinski definition) is 2. The first-order valence-electron chi connectivity index (χ1n) is 5.63. The van der Waals surface area contributed by atoms with Crippen molar-refractivity contribution in [3.63, 3.8) is 0 Å². The number of halogens is 2. The number of methoxy groups -OCH3 is 1. The minimum absolute atomic E-state index is 0.0542. The van der Waals surface area contributed by atoms with Gasteiger partial charge in [-0.1, -0.05) is 11.6 Å². The van der Waals surface area contributed by atoms with Crippen LogP contribution in [0.3, 0.4) is 0 Å². The fourth-order valence-corrected chi connectivity index (χ4v) is 5.40. The molecule has 1 aromatic carbocycles. The zero-order valence-corrected chi connectivity index (χ0v) is 14.7. The summed E-state index contributed by atoms with van der Waals surface area (Å²) in [6, 6.07) is 6.05. The van der Waals surface area contributed by atoms with E-state index in [-0.39, 0.29) is 17.2 Å². The molecule has 0 spiro atoms. The van der Waals surface area contributed by atoms with Gasteiger partial charge in [0.25, 0.3) is 10.0 Å². The van der Waals surface area contributed by atoms with E-state index >= 15 is 0 Å². The number of anilines is 1. The summed E-state index contributed by atoms with van der Waals surface area (Å²) >= 11 is 10.2. The van der Waals surface area contributed by atoms with E-state index in [0.717, 1.165) is 11.3 Å². The lowest BCUT2D eigenvalue weighted by atomic mass is 10.3. The van der Waals surface area contributed by atoms with Crippen molar-refractivity contribution in [1.29, 1.82) is 0 Å². The molecule has 0 unspecified atom stereocenters. The third-order valence-corrected chi connectivity index (χ3v) is 6.40. The molecule has 0 radical (unpaired) electrons. The third kappa shape index (κ3) is 3.70. The lowest BCUT2D eigenvalue weighted by molar-refractivity contribution is 0.285. The Balaban J connectivity index is 2.41. The minimum Gasteiger partial charge on any atom is -0.495 e. The summed E-state index contributed by atoms with van der Waals surface area (Å²) in [5.74, 6) is 0.358. The quantitative estimate of drug-likeness (QED) is 0.788. The highest BCUT2D eigenvalue weighted by Crippen LogP contribution is 2.35. The van der Waals surface area contributed by atoms with Crippen molar-refractivity contribution in [3.05, 3.63) is 38.0 Å². The van der Waals surface area contributed by atoms with Crippen LogP contribution in [0.15, 0.2) is 32.9 Å². The largest absolute Gasteiger partial charge is 0.495 e. The maximum Gasteiger partial charge on any atom is 0.264 e. The average Bonchev–Trinajstić information content (AvgIpc) is 2.81. The third-order valence-electron chi connectivity index (χ3n) is 2.56. The van der Waals surface area contributed by atoms with Gasteiger partial charge in [0.1, 0.15) is 10.6 Å². The van der Waals surface area contributed by atoms with Crippen molar-refractivity contribution in [2.45, 2.75) is 11.5 Å². The molecule has 2 rings (SSSR count). The van der Waals surface area contributed by atoms with Gasteiger partial charge in [0.05, 0.1) is 23.2 Å².